The summed E-state index contributed by atoms with van der Waals surface area (Å²) in [6.45, 7) is 0. The van der Waals surface area contributed by atoms with Crippen molar-refractivity contribution in [1.82, 2.24) is 9.55 Å². The molecule has 0 fully saturated rings. The summed E-state index contributed by atoms with van der Waals surface area (Å²) in [6.07, 6.45) is 0.964. The molecule has 1 heterocycles. The van der Waals surface area contributed by atoms with Crippen molar-refractivity contribution in [2.24, 2.45) is 0 Å². The Labute approximate surface area is 149 Å². The van der Waals surface area contributed by atoms with Crippen LogP contribution in [0.1, 0.15) is 10.4 Å². The van der Waals surface area contributed by atoms with Crippen LogP contribution in [0.3, 0.4) is 0 Å². The molecule has 27 heavy (non-hydrogen) atoms. The van der Waals surface area contributed by atoms with Gasteiger partial charge in [0.2, 0.25) is 0 Å². The fourth-order valence-corrected chi connectivity index (χ4v) is 2.33. The van der Waals surface area contributed by atoms with E-state index < -0.39 is 27.9 Å². The van der Waals surface area contributed by atoms with Gasteiger partial charge in [0.05, 0.1) is 10.6 Å². The lowest BCUT2D eigenvalue weighted by atomic mass is 10.2. The Morgan fingerprint density at radius 3 is 2.30 bits per heavy atom. The minimum absolute atomic E-state index is 0.0904. The van der Waals surface area contributed by atoms with Gasteiger partial charge in [-0.1, -0.05) is 0 Å². The summed E-state index contributed by atoms with van der Waals surface area (Å²) < 4.78 is 13.8. The van der Waals surface area contributed by atoms with E-state index in [2.05, 4.69) is 10.3 Å². The summed E-state index contributed by atoms with van der Waals surface area (Å²) in [5, 5.41) is 13.1. The molecule has 0 radical (unpaired) electrons. The SMILES string of the molecule is O=C(Nc1ccc([N+](=O)[O-])cc1)c1c[nH]c(=O)n(-c2ccc(F)cc2)c1=O. The molecule has 0 atom stereocenters. The maximum atomic E-state index is 13.1. The molecule has 136 valence electrons. The number of aromatic nitrogens is 2. The van der Waals surface area contributed by atoms with E-state index in [1.165, 1.54) is 36.4 Å². The number of aromatic amines is 1. The second-order valence-corrected chi connectivity index (χ2v) is 5.38. The van der Waals surface area contributed by atoms with Gasteiger partial charge >= 0.3 is 5.69 Å². The smallest absolute Gasteiger partial charge is 0.322 e. The van der Waals surface area contributed by atoms with Crippen LogP contribution in [0.25, 0.3) is 5.69 Å². The first-order valence-corrected chi connectivity index (χ1v) is 7.53. The van der Waals surface area contributed by atoms with E-state index in [4.69, 9.17) is 0 Å². The molecule has 0 aliphatic heterocycles. The predicted molar refractivity (Wildman–Crippen MR) is 93.7 cm³/mol. The molecule has 1 amide bonds. The van der Waals surface area contributed by atoms with Gasteiger partial charge in [0.15, 0.2) is 0 Å². The molecular formula is C17H11FN4O5. The number of hydrogen-bond acceptors (Lipinski definition) is 5. The van der Waals surface area contributed by atoms with Crippen LogP contribution < -0.4 is 16.6 Å². The van der Waals surface area contributed by atoms with Gasteiger partial charge < -0.3 is 10.3 Å². The van der Waals surface area contributed by atoms with Crippen LogP contribution in [0.5, 0.6) is 0 Å². The molecule has 3 aromatic rings. The largest absolute Gasteiger partial charge is 0.333 e. The Bertz CT molecular complexity index is 1130. The van der Waals surface area contributed by atoms with E-state index in [9.17, 15) is 28.9 Å². The fraction of sp³-hybridized carbons (Fsp3) is 0. The molecule has 2 N–H and O–H groups in total. The summed E-state index contributed by atoms with van der Waals surface area (Å²) >= 11 is 0. The van der Waals surface area contributed by atoms with Gasteiger partial charge in [0.25, 0.3) is 17.2 Å². The summed E-state index contributed by atoms with van der Waals surface area (Å²) in [5.74, 6) is -1.36. The van der Waals surface area contributed by atoms with E-state index in [-0.39, 0.29) is 22.6 Å². The van der Waals surface area contributed by atoms with Crippen molar-refractivity contribution >= 4 is 17.3 Å². The zero-order chi connectivity index (χ0) is 19.6. The number of nitro groups is 1. The monoisotopic (exact) mass is 370 g/mol. The molecule has 0 spiro atoms. The molecule has 10 heteroatoms. The number of anilines is 1. The van der Waals surface area contributed by atoms with Gasteiger partial charge in [-0.2, -0.15) is 0 Å². The quantitative estimate of drug-likeness (QED) is 0.535. The Kier molecular flexibility index (Phi) is 4.62. The highest BCUT2D eigenvalue weighted by Gasteiger charge is 2.16. The van der Waals surface area contributed by atoms with E-state index in [0.717, 1.165) is 18.3 Å². The van der Waals surface area contributed by atoms with Crippen molar-refractivity contribution in [3.05, 3.63) is 97.1 Å². The Morgan fingerprint density at radius 2 is 1.70 bits per heavy atom. The number of benzene rings is 2. The number of nitrogens with zero attached hydrogens (tertiary/aromatic N) is 2. The number of nitrogens with one attached hydrogen (secondary N) is 2. The van der Waals surface area contributed by atoms with Gasteiger partial charge in [-0.05, 0) is 36.4 Å². The Morgan fingerprint density at radius 1 is 1.07 bits per heavy atom. The van der Waals surface area contributed by atoms with Crippen LogP contribution in [0.15, 0.2) is 64.3 Å². The molecule has 0 saturated carbocycles. The first-order valence-electron chi connectivity index (χ1n) is 7.53. The first-order chi connectivity index (χ1) is 12.9. The normalized spacial score (nSPS) is 10.4. The van der Waals surface area contributed by atoms with Crippen molar-refractivity contribution < 1.29 is 14.1 Å². The molecule has 0 unspecified atom stereocenters. The van der Waals surface area contributed by atoms with Crippen LogP contribution in [0.2, 0.25) is 0 Å². The van der Waals surface area contributed by atoms with Crippen molar-refractivity contribution in [2.75, 3.05) is 5.32 Å². The summed E-state index contributed by atoms with van der Waals surface area (Å²) in [5.41, 5.74) is -1.89. The number of amides is 1. The zero-order valence-electron chi connectivity index (χ0n) is 13.5. The molecule has 0 bridgehead atoms. The Hall–Kier alpha value is -4.08. The van der Waals surface area contributed by atoms with E-state index in [1.807, 2.05) is 0 Å². The highest BCUT2D eigenvalue weighted by molar-refractivity contribution is 6.03. The van der Waals surface area contributed by atoms with Crippen LogP contribution in [0.4, 0.5) is 15.8 Å². The van der Waals surface area contributed by atoms with Crippen LogP contribution in [-0.4, -0.2) is 20.4 Å². The van der Waals surface area contributed by atoms with Crippen LogP contribution >= 0.6 is 0 Å². The summed E-state index contributed by atoms with van der Waals surface area (Å²) in [7, 11) is 0. The number of rotatable bonds is 4. The zero-order valence-corrected chi connectivity index (χ0v) is 13.5. The van der Waals surface area contributed by atoms with Gasteiger partial charge in [0.1, 0.15) is 11.4 Å². The highest BCUT2D eigenvalue weighted by Crippen LogP contribution is 2.15. The standard InChI is InChI=1S/C17H11FN4O5/c18-10-1-5-12(6-2-10)21-16(24)14(9-19-17(21)25)15(23)20-11-3-7-13(8-4-11)22(26)27/h1-9H,(H,19,25)(H,20,23). The average molecular weight is 370 g/mol. The summed E-state index contributed by atoms with van der Waals surface area (Å²) in [6, 6.07) is 9.60. The lowest BCUT2D eigenvalue weighted by Gasteiger charge is -2.08. The number of non-ortho nitro benzene ring substituents is 1. The molecule has 0 saturated heterocycles. The minimum atomic E-state index is -0.898. The number of nitro benzene ring substituents is 1. The average Bonchev–Trinajstić information content (AvgIpc) is 2.63. The van der Waals surface area contributed by atoms with Crippen LogP contribution in [-0.2, 0) is 0 Å². The molecule has 0 aliphatic rings. The van der Waals surface area contributed by atoms with Crippen molar-refractivity contribution in [1.29, 1.82) is 0 Å². The second-order valence-electron chi connectivity index (χ2n) is 5.38. The van der Waals surface area contributed by atoms with Crippen LogP contribution in [0, 0.1) is 15.9 Å². The van der Waals surface area contributed by atoms with E-state index in [1.54, 1.807) is 0 Å². The third kappa shape index (κ3) is 3.63. The van der Waals surface area contributed by atoms with Gasteiger partial charge in [-0.25, -0.2) is 13.8 Å². The second kappa shape index (κ2) is 7.04. The van der Waals surface area contributed by atoms with E-state index in [0.29, 0.717) is 4.57 Å². The number of H-pyrrole nitrogens is 1. The molecule has 3 rings (SSSR count). The van der Waals surface area contributed by atoms with Crippen molar-refractivity contribution in [2.45, 2.75) is 0 Å². The topological polar surface area (TPSA) is 127 Å². The van der Waals surface area contributed by atoms with E-state index >= 15 is 0 Å². The number of carbonyl (C=O) groups is 1. The lowest BCUT2D eigenvalue weighted by molar-refractivity contribution is -0.384. The fourth-order valence-electron chi connectivity index (χ4n) is 2.33. The number of hydrogen-bond donors (Lipinski definition) is 2. The number of carbonyl (C=O) groups excluding carboxylic acids is 1. The lowest BCUT2D eigenvalue weighted by Crippen LogP contribution is -2.38. The third-order valence-electron chi connectivity index (χ3n) is 3.64. The maximum Gasteiger partial charge on any atom is 0.333 e. The molecular weight excluding hydrogens is 359 g/mol. The third-order valence-corrected chi connectivity index (χ3v) is 3.64. The predicted octanol–water partition coefficient (Wildman–Crippen LogP) is 1.83. The minimum Gasteiger partial charge on any atom is -0.322 e. The highest BCUT2D eigenvalue weighted by atomic mass is 19.1. The van der Waals surface area contributed by atoms with Gasteiger partial charge in [-0.3, -0.25) is 19.7 Å². The van der Waals surface area contributed by atoms with Gasteiger partial charge in [-0.15, -0.1) is 0 Å². The molecule has 9 nitrogen and oxygen atoms in total. The Balaban J connectivity index is 1.95. The molecule has 0 aliphatic carbocycles. The maximum absolute atomic E-state index is 13.1. The van der Waals surface area contributed by atoms with Gasteiger partial charge in [0, 0.05) is 24.0 Å². The number of halogens is 1. The first kappa shape index (κ1) is 17.7. The summed E-state index contributed by atoms with van der Waals surface area (Å²) in [4.78, 5) is 49.2. The van der Waals surface area contributed by atoms with Crippen molar-refractivity contribution in [3.8, 4) is 5.69 Å². The molecule has 2 aromatic carbocycles. The van der Waals surface area contributed by atoms with Crippen molar-refractivity contribution in [3.63, 3.8) is 0 Å². The molecule has 1 aromatic heterocycles.